The molecule has 0 saturated heterocycles. The molecular weight excluding hydrogens is 276 g/mol. The SMILES string of the molecule is CC1(C)CC(NC2=NC3CCCCC3CS2)CC(C)(C)C1. The third-order valence-corrected chi connectivity index (χ3v) is 6.56. The van der Waals surface area contributed by atoms with E-state index in [0.717, 1.165) is 5.92 Å². The molecule has 0 amide bonds. The highest BCUT2D eigenvalue weighted by Crippen LogP contribution is 2.46. The Bertz CT molecular complexity index is 397. The summed E-state index contributed by atoms with van der Waals surface area (Å²) in [4.78, 5) is 5.06. The van der Waals surface area contributed by atoms with Crippen LogP contribution in [0.2, 0.25) is 0 Å². The molecule has 0 spiro atoms. The number of rotatable bonds is 1. The van der Waals surface area contributed by atoms with Gasteiger partial charge >= 0.3 is 0 Å². The number of hydrogen-bond acceptors (Lipinski definition) is 3. The zero-order valence-corrected chi connectivity index (χ0v) is 15.1. The lowest BCUT2D eigenvalue weighted by Crippen LogP contribution is -2.46. The van der Waals surface area contributed by atoms with Gasteiger partial charge in [-0.2, -0.15) is 0 Å². The van der Waals surface area contributed by atoms with Crippen molar-refractivity contribution < 1.29 is 0 Å². The molecule has 120 valence electrons. The lowest BCUT2D eigenvalue weighted by molar-refractivity contribution is 0.0924. The van der Waals surface area contributed by atoms with Gasteiger partial charge in [-0.15, -0.1) is 0 Å². The van der Waals surface area contributed by atoms with Gasteiger partial charge in [0.2, 0.25) is 0 Å². The summed E-state index contributed by atoms with van der Waals surface area (Å²) in [5, 5.41) is 5.06. The minimum absolute atomic E-state index is 0.451. The average molecular weight is 309 g/mol. The summed E-state index contributed by atoms with van der Waals surface area (Å²) in [6, 6.07) is 1.22. The zero-order chi connectivity index (χ0) is 15.1. The van der Waals surface area contributed by atoms with E-state index in [2.05, 4.69) is 33.0 Å². The minimum atomic E-state index is 0.451. The van der Waals surface area contributed by atoms with Gasteiger partial charge in [-0.25, -0.2) is 0 Å². The van der Waals surface area contributed by atoms with E-state index in [0.29, 0.717) is 22.9 Å². The summed E-state index contributed by atoms with van der Waals surface area (Å²) < 4.78 is 0. The molecule has 0 aromatic rings. The third kappa shape index (κ3) is 3.97. The molecule has 0 aromatic heterocycles. The quantitative estimate of drug-likeness (QED) is 0.749. The summed E-state index contributed by atoms with van der Waals surface area (Å²) >= 11 is 1.98. The van der Waals surface area contributed by atoms with Gasteiger partial charge in [-0.3, -0.25) is 4.99 Å². The van der Waals surface area contributed by atoms with Gasteiger partial charge < -0.3 is 5.32 Å². The van der Waals surface area contributed by atoms with Crippen molar-refractivity contribution in [2.24, 2.45) is 21.7 Å². The maximum absolute atomic E-state index is 5.06. The van der Waals surface area contributed by atoms with Crippen molar-refractivity contribution >= 4 is 16.9 Å². The Kier molecular flexibility index (Phi) is 4.33. The molecule has 2 fully saturated rings. The number of nitrogens with zero attached hydrogens (tertiary/aromatic N) is 1. The summed E-state index contributed by atoms with van der Waals surface area (Å²) in [6.07, 6.45) is 9.42. The molecule has 2 atom stereocenters. The number of thioether (sulfide) groups is 1. The van der Waals surface area contributed by atoms with Crippen molar-refractivity contribution in [2.75, 3.05) is 5.75 Å². The van der Waals surface area contributed by atoms with Gasteiger partial charge in [0.15, 0.2) is 5.17 Å². The Labute approximate surface area is 134 Å². The van der Waals surface area contributed by atoms with Gasteiger partial charge in [0.25, 0.3) is 0 Å². The van der Waals surface area contributed by atoms with Crippen LogP contribution < -0.4 is 5.32 Å². The van der Waals surface area contributed by atoms with E-state index < -0.39 is 0 Å². The molecule has 1 aliphatic heterocycles. The molecule has 1 N–H and O–H groups in total. The van der Waals surface area contributed by atoms with Crippen LogP contribution in [0.25, 0.3) is 0 Å². The van der Waals surface area contributed by atoms with E-state index >= 15 is 0 Å². The fraction of sp³-hybridized carbons (Fsp3) is 0.944. The van der Waals surface area contributed by atoms with Crippen LogP contribution in [0.5, 0.6) is 0 Å². The Hall–Kier alpha value is -0.180. The van der Waals surface area contributed by atoms with Crippen LogP contribution in [-0.4, -0.2) is 23.0 Å². The summed E-state index contributed by atoms with van der Waals surface area (Å²) in [6.45, 7) is 9.70. The van der Waals surface area contributed by atoms with Crippen molar-refractivity contribution in [1.82, 2.24) is 5.32 Å². The lowest BCUT2D eigenvalue weighted by atomic mass is 9.63. The normalized spacial score (nSPS) is 35.7. The molecule has 3 rings (SSSR count). The molecular formula is C18H32N2S. The van der Waals surface area contributed by atoms with Crippen molar-refractivity contribution in [3.63, 3.8) is 0 Å². The van der Waals surface area contributed by atoms with Crippen LogP contribution in [0.1, 0.15) is 72.6 Å². The molecule has 0 bridgehead atoms. The van der Waals surface area contributed by atoms with Gasteiger partial charge in [-0.05, 0) is 48.9 Å². The van der Waals surface area contributed by atoms with Crippen LogP contribution in [-0.2, 0) is 0 Å². The van der Waals surface area contributed by atoms with Gasteiger partial charge in [0, 0.05) is 11.8 Å². The van der Waals surface area contributed by atoms with Gasteiger partial charge in [0.1, 0.15) is 0 Å². The molecule has 2 nitrogen and oxygen atoms in total. The Morgan fingerprint density at radius 2 is 1.71 bits per heavy atom. The van der Waals surface area contributed by atoms with E-state index in [4.69, 9.17) is 4.99 Å². The maximum Gasteiger partial charge on any atom is 0.157 e. The first-order valence-electron chi connectivity index (χ1n) is 8.80. The van der Waals surface area contributed by atoms with E-state index in [1.165, 1.54) is 55.9 Å². The first-order chi connectivity index (χ1) is 9.83. The fourth-order valence-electron chi connectivity index (χ4n) is 5.13. The predicted molar refractivity (Wildman–Crippen MR) is 94.0 cm³/mol. The number of aliphatic imine (C=N–C) groups is 1. The molecule has 0 radical (unpaired) electrons. The summed E-state index contributed by atoms with van der Waals surface area (Å²) in [7, 11) is 0. The molecule has 2 aliphatic carbocycles. The Morgan fingerprint density at radius 1 is 1.05 bits per heavy atom. The highest BCUT2D eigenvalue weighted by molar-refractivity contribution is 8.13. The highest BCUT2D eigenvalue weighted by atomic mass is 32.2. The first kappa shape index (κ1) is 15.7. The number of amidine groups is 1. The second-order valence-electron chi connectivity index (χ2n) is 9.11. The Morgan fingerprint density at radius 3 is 2.43 bits per heavy atom. The molecule has 0 aromatic carbocycles. The second-order valence-corrected chi connectivity index (χ2v) is 10.1. The van der Waals surface area contributed by atoms with E-state index in [1.807, 2.05) is 11.8 Å². The fourth-order valence-corrected chi connectivity index (χ4v) is 6.35. The second kappa shape index (κ2) is 5.79. The van der Waals surface area contributed by atoms with Gasteiger partial charge in [-0.1, -0.05) is 52.3 Å². The third-order valence-electron chi connectivity index (χ3n) is 5.47. The van der Waals surface area contributed by atoms with E-state index in [9.17, 15) is 0 Å². The zero-order valence-electron chi connectivity index (χ0n) is 14.2. The molecule has 21 heavy (non-hydrogen) atoms. The number of nitrogens with one attached hydrogen (secondary N) is 1. The lowest BCUT2D eigenvalue weighted by Gasteiger charge is -2.45. The van der Waals surface area contributed by atoms with Crippen LogP contribution in [0, 0.1) is 16.7 Å². The maximum atomic E-state index is 5.06. The van der Waals surface area contributed by atoms with Gasteiger partial charge in [0.05, 0.1) is 6.04 Å². The van der Waals surface area contributed by atoms with Crippen LogP contribution in [0.15, 0.2) is 4.99 Å². The highest BCUT2D eigenvalue weighted by Gasteiger charge is 2.39. The van der Waals surface area contributed by atoms with Crippen LogP contribution in [0.4, 0.5) is 0 Å². The average Bonchev–Trinajstić information content (AvgIpc) is 2.34. The molecule has 2 unspecified atom stereocenters. The number of hydrogen-bond donors (Lipinski definition) is 1. The van der Waals surface area contributed by atoms with Crippen molar-refractivity contribution in [2.45, 2.75) is 84.7 Å². The van der Waals surface area contributed by atoms with Crippen molar-refractivity contribution in [1.29, 1.82) is 0 Å². The monoisotopic (exact) mass is 308 g/mol. The van der Waals surface area contributed by atoms with Crippen molar-refractivity contribution in [3.8, 4) is 0 Å². The number of fused-ring (bicyclic) bond motifs is 1. The first-order valence-corrected chi connectivity index (χ1v) is 9.79. The Balaban J connectivity index is 1.64. The minimum Gasteiger partial charge on any atom is -0.362 e. The molecule has 3 heteroatoms. The molecule has 1 heterocycles. The summed E-state index contributed by atoms with van der Waals surface area (Å²) in [5.41, 5.74) is 0.902. The van der Waals surface area contributed by atoms with Crippen LogP contribution in [0.3, 0.4) is 0 Å². The largest absolute Gasteiger partial charge is 0.362 e. The molecule has 3 aliphatic rings. The van der Waals surface area contributed by atoms with E-state index in [1.54, 1.807) is 0 Å². The molecule has 2 saturated carbocycles. The van der Waals surface area contributed by atoms with Crippen molar-refractivity contribution in [3.05, 3.63) is 0 Å². The summed E-state index contributed by atoms with van der Waals surface area (Å²) in [5.74, 6) is 2.14. The topological polar surface area (TPSA) is 24.4 Å². The van der Waals surface area contributed by atoms with E-state index in [-0.39, 0.29) is 0 Å². The standard InChI is InChI=1S/C18H32N2S/c1-17(2)9-14(10-18(3,4)12-17)19-16-20-15-8-6-5-7-13(15)11-21-16/h13-15H,5-12H2,1-4H3,(H,19,20). The smallest absolute Gasteiger partial charge is 0.157 e. The van der Waals surface area contributed by atoms with Crippen LogP contribution >= 0.6 is 11.8 Å². The predicted octanol–water partition coefficient (Wildman–Crippen LogP) is 4.84.